The van der Waals surface area contributed by atoms with Crippen LogP contribution < -0.4 is 4.74 Å². The number of Topliss-reactive ketones (excluding diaryl/α,β-unsaturated/α-hetero) is 1. The van der Waals surface area contributed by atoms with Crippen molar-refractivity contribution in [2.24, 2.45) is 0 Å². The molecule has 1 aromatic carbocycles. The van der Waals surface area contributed by atoms with Crippen LogP contribution in [0.4, 0.5) is 13.2 Å². The van der Waals surface area contributed by atoms with E-state index < -0.39 is 36.5 Å². The third-order valence-corrected chi connectivity index (χ3v) is 3.48. The highest BCUT2D eigenvalue weighted by Gasteiger charge is 2.49. The molecule has 8 heteroatoms. The lowest BCUT2D eigenvalue weighted by molar-refractivity contribution is -0.188. The summed E-state index contributed by atoms with van der Waals surface area (Å²) in [6, 6.07) is 2.70. The highest BCUT2D eigenvalue weighted by atomic mass is 79.9. The number of hydrogen-bond donors (Lipinski definition) is 0. The van der Waals surface area contributed by atoms with E-state index in [1.54, 1.807) is 0 Å². The number of benzene rings is 1. The molecule has 1 heterocycles. The molecule has 0 radical (unpaired) electrons. The zero-order chi connectivity index (χ0) is 18.1. The highest BCUT2D eigenvalue weighted by Crippen LogP contribution is 2.40. The van der Waals surface area contributed by atoms with E-state index in [2.05, 4.69) is 20.7 Å². The van der Waals surface area contributed by atoms with Crippen LogP contribution in [-0.4, -0.2) is 30.6 Å². The second-order valence-corrected chi connectivity index (χ2v) is 5.57. The Morgan fingerprint density at radius 3 is 2.70 bits per heavy atom. The Morgan fingerprint density at radius 1 is 1.43 bits per heavy atom. The number of halogens is 4. The molecule has 0 bridgehead atoms. The standard InChI is InChI=1S/C15H12BrF3O4/c1-3-22-14(21)11-5-8-4-9(16)6-10(7(2)20)12(8)23-13(11)15(17,18)19/h4-6,13H,3H2,1-2H3/i2D. The fourth-order valence-electron chi connectivity index (χ4n) is 2.11. The minimum Gasteiger partial charge on any atom is -0.474 e. The quantitative estimate of drug-likeness (QED) is 0.576. The highest BCUT2D eigenvalue weighted by molar-refractivity contribution is 9.10. The first-order valence-electron chi connectivity index (χ1n) is 7.17. The molecule has 4 nitrogen and oxygen atoms in total. The maximum Gasteiger partial charge on any atom is 0.430 e. The van der Waals surface area contributed by atoms with E-state index in [4.69, 9.17) is 6.11 Å². The Morgan fingerprint density at radius 2 is 2.13 bits per heavy atom. The van der Waals surface area contributed by atoms with Crippen LogP contribution in [0, 0.1) is 0 Å². The van der Waals surface area contributed by atoms with Gasteiger partial charge >= 0.3 is 12.1 Å². The van der Waals surface area contributed by atoms with Crippen LogP contribution >= 0.6 is 15.9 Å². The zero-order valence-corrected chi connectivity index (χ0v) is 13.5. The van der Waals surface area contributed by atoms with Crippen LogP contribution in [0.5, 0.6) is 5.75 Å². The lowest BCUT2D eigenvalue weighted by atomic mass is 9.97. The van der Waals surface area contributed by atoms with Crippen molar-refractivity contribution in [1.29, 1.82) is 0 Å². The molecule has 1 aliphatic rings. The summed E-state index contributed by atoms with van der Waals surface area (Å²) in [5.74, 6) is -2.13. The summed E-state index contributed by atoms with van der Waals surface area (Å²) in [7, 11) is 0. The molecular weight excluding hydrogens is 381 g/mol. The van der Waals surface area contributed by atoms with Gasteiger partial charge in [-0.05, 0) is 32.0 Å². The Kier molecular flexibility index (Phi) is 4.43. The van der Waals surface area contributed by atoms with Crippen LogP contribution in [0.1, 0.15) is 31.1 Å². The fraction of sp³-hybridized carbons (Fsp3) is 0.333. The maximum absolute atomic E-state index is 13.3. The van der Waals surface area contributed by atoms with E-state index in [0.717, 1.165) is 6.08 Å². The lowest BCUT2D eigenvalue weighted by Gasteiger charge is -2.29. The molecule has 1 atom stereocenters. The largest absolute Gasteiger partial charge is 0.474 e. The number of esters is 1. The number of hydrogen-bond acceptors (Lipinski definition) is 4. The zero-order valence-electron chi connectivity index (χ0n) is 12.9. The molecule has 0 amide bonds. The molecule has 2 rings (SSSR count). The molecule has 23 heavy (non-hydrogen) atoms. The van der Waals surface area contributed by atoms with Crippen LogP contribution in [-0.2, 0) is 9.53 Å². The van der Waals surface area contributed by atoms with Crippen molar-refractivity contribution in [3.8, 4) is 5.75 Å². The average Bonchev–Trinajstić information content (AvgIpc) is 2.51. The summed E-state index contributed by atoms with van der Waals surface area (Å²) in [4.78, 5) is 23.7. The van der Waals surface area contributed by atoms with Crippen molar-refractivity contribution in [2.45, 2.75) is 26.1 Å². The Hall–Kier alpha value is -1.83. The first kappa shape index (κ1) is 16.0. The van der Waals surface area contributed by atoms with Crippen molar-refractivity contribution in [2.75, 3.05) is 6.61 Å². The number of ether oxygens (including phenoxy) is 2. The normalized spacial score (nSPS) is 17.5. The third kappa shape index (κ3) is 3.57. The molecule has 0 saturated heterocycles. The lowest BCUT2D eigenvalue weighted by Crippen LogP contribution is -2.41. The van der Waals surface area contributed by atoms with Gasteiger partial charge < -0.3 is 9.47 Å². The molecule has 0 aromatic heterocycles. The number of carbonyl (C=O) groups is 2. The van der Waals surface area contributed by atoms with E-state index >= 15 is 0 Å². The SMILES string of the molecule is [2H]CC(=O)c1cc(Br)cc2c1OC(C(F)(F)F)C(C(=O)OCC)=C2. The van der Waals surface area contributed by atoms with Gasteiger partial charge in [-0.1, -0.05) is 15.9 Å². The first-order chi connectivity index (χ1) is 11.2. The van der Waals surface area contributed by atoms with Crippen molar-refractivity contribution in [3.63, 3.8) is 0 Å². The van der Waals surface area contributed by atoms with Crippen LogP contribution in [0.15, 0.2) is 22.2 Å². The van der Waals surface area contributed by atoms with E-state index in [0.29, 0.717) is 4.47 Å². The van der Waals surface area contributed by atoms with Gasteiger partial charge in [-0.2, -0.15) is 13.2 Å². The van der Waals surface area contributed by atoms with Gasteiger partial charge in [-0.15, -0.1) is 0 Å². The van der Waals surface area contributed by atoms with Gasteiger partial charge in [0.25, 0.3) is 0 Å². The van der Waals surface area contributed by atoms with Gasteiger partial charge in [0.1, 0.15) is 5.75 Å². The summed E-state index contributed by atoms with van der Waals surface area (Å²) in [6.07, 6.45) is -6.41. The van der Waals surface area contributed by atoms with Gasteiger partial charge in [-0.3, -0.25) is 4.79 Å². The molecule has 0 spiro atoms. The Labute approximate surface area is 139 Å². The summed E-state index contributed by atoms with van der Waals surface area (Å²) < 4.78 is 57.0. The van der Waals surface area contributed by atoms with Crippen molar-refractivity contribution < 1.29 is 33.6 Å². The van der Waals surface area contributed by atoms with E-state index in [1.807, 2.05) is 0 Å². The third-order valence-electron chi connectivity index (χ3n) is 3.02. The van der Waals surface area contributed by atoms with Gasteiger partial charge in [0.2, 0.25) is 6.10 Å². The average molecular weight is 394 g/mol. The predicted molar refractivity (Wildman–Crippen MR) is 79.2 cm³/mol. The minimum atomic E-state index is -4.87. The minimum absolute atomic E-state index is 0.0886. The Balaban J connectivity index is 2.64. The molecule has 124 valence electrons. The van der Waals surface area contributed by atoms with E-state index in [-0.39, 0.29) is 23.5 Å². The monoisotopic (exact) mass is 393 g/mol. The van der Waals surface area contributed by atoms with Crippen molar-refractivity contribution >= 4 is 33.8 Å². The smallest absolute Gasteiger partial charge is 0.430 e. The number of carbonyl (C=O) groups excluding carboxylic acids is 2. The van der Waals surface area contributed by atoms with Crippen LogP contribution in [0.3, 0.4) is 0 Å². The summed E-state index contributed by atoms with van der Waals surface area (Å²) >= 11 is 3.14. The number of fused-ring (bicyclic) bond motifs is 1. The van der Waals surface area contributed by atoms with Gasteiger partial charge in [0.05, 0.1) is 17.7 Å². The predicted octanol–water partition coefficient (Wildman–Crippen LogP) is 3.92. The second kappa shape index (κ2) is 6.35. The van der Waals surface area contributed by atoms with Crippen LogP contribution in [0.25, 0.3) is 6.08 Å². The topological polar surface area (TPSA) is 52.6 Å². The molecule has 1 unspecified atom stereocenters. The summed E-state index contributed by atoms with van der Waals surface area (Å²) in [6.45, 7) is 0.742. The molecule has 0 N–H and O–H groups in total. The molecule has 0 saturated carbocycles. The van der Waals surface area contributed by atoms with Gasteiger partial charge in [0.15, 0.2) is 5.78 Å². The molecule has 1 aromatic rings. The number of alkyl halides is 3. The van der Waals surface area contributed by atoms with E-state index in [1.165, 1.54) is 19.1 Å². The summed E-state index contributed by atoms with van der Waals surface area (Å²) in [5, 5.41) is 0. The fourth-order valence-corrected chi connectivity index (χ4v) is 2.58. The maximum atomic E-state index is 13.3. The van der Waals surface area contributed by atoms with Crippen LogP contribution in [0.2, 0.25) is 0 Å². The van der Waals surface area contributed by atoms with Gasteiger partial charge in [0, 0.05) is 11.4 Å². The van der Waals surface area contributed by atoms with E-state index in [9.17, 15) is 22.8 Å². The first-order valence-corrected chi connectivity index (χ1v) is 7.26. The Bertz CT molecular complexity index is 715. The number of ketones is 1. The molecule has 1 aliphatic heterocycles. The molecular formula is C15H12BrF3O4. The second-order valence-electron chi connectivity index (χ2n) is 4.65. The van der Waals surface area contributed by atoms with Crippen molar-refractivity contribution in [1.82, 2.24) is 0 Å². The number of rotatable bonds is 3. The molecule has 0 aliphatic carbocycles. The molecule has 0 fully saturated rings. The summed E-state index contributed by atoms with van der Waals surface area (Å²) in [5.41, 5.74) is -0.716. The van der Waals surface area contributed by atoms with Crippen molar-refractivity contribution in [3.05, 3.63) is 33.3 Å². The van der Waals surface area contributed by atoms with Gasteiger partial charge in [-0.25, -0.2) is 4.79 Å².